The first-order chi connectivity index (χ1) is 12.0. The van der Waals surface area contributed by atoms with Crippen LogP contribution in [0.15, 0.2) is 9.95 Å². The summed E-state index contributed by atoms with van der Waals surface area (Å²) in [5, 5.41) is 1.11. The molecule has 1 aliphatic carbocycles. The number of carbonyl (C=O) groups excluding carboxylic acids is 2. The summed E-state index contributed by atoms with van der Waals surface area (Å²) in [6, 6.07) is 0. The van der Waals surface area contributed by atoms with Gasteiger partial charge in [0.15, 0.2) is 5.16 Å². The van der Waals surface area contributed by atoms with Gasteiger partial charge in [0.1, 0.15) is 11.4 Å². The van der Waals surface area contributed by atoms with Crippen molar-refractivity contribution in [3.8, 4) is 0 Å². The summed E-state index contributed by atoms with van der Waals surface area (Å²) in [5.74, 6) is 0.326. The number of amides is 2. The van der Waals surface area contributed by atoms with Crippen LogP contribution in [0.25, 0.3) is 10.2 Å². The Kier molecular flexibility index (Phi) is 4.28. The number of ether oxygens (including phenoxy) is 1. The fraction of sp³-hybridized carbons (Fsp3) is 0.500. The van der Waals surface area contributed by atoms with Gasteiger partial charge >= 0.3 is 6.09 Å². The molecule has 2 amide bonds. The molecule has 7 nitrogen and oxygen atoms in total. The van der Waals surface area contributed by atoms with Gasteiger partial charge in [-0.15, -0.1) is 11.3 Å². The molecule has 2 aliphatic rings. The number of aromatic amines is 1. The van der Waals surface area contributed by atoms with Crippen molar-refractivity contribution in [3.63, 3.8) is 0 Å². The molecule has 0 radical (unpaired) electrons. The van der Waals surface area contributed by atoms with Gasteiger partial charge in [-0.1, -0.05) is 18.7 Å². The lowest BCUT2D eigenvalue weighted by Gasteiger charge is -2.17. The van der Waals surface area contributed by atoms with Gasteiger partial charge in [-0.2, -0.15) is 0 Å². The summed E-state index contributed by atoms with van der Waals surface area (Å²) >= 11 is 2.71. The molecule has 25 heavy (non-hydrogen) atoms. The van der Waals surface area contributed by atoms with Crippen LogP contribution in [0.1, 0.15) is 23.8 Å². The van der Waals surface area contributed by atoms with Crippen molar-refractivity contribution in [1.82, 2.24) is 14.9 Å². The third-order valence-electron chi connectivity index (χ3n) is 4.54. The molecule has 1 aliphatic heterocycles. The Balaban J connectivity index is 1.56. The highest BCUT2D eigenvalue weighted by Gasteiger charge is 2.28. The first-order valence-electron chi connectivity index (χ1n) is 8.17. The van der Waals surface area contributed by atoms with Gasteiger partial charge in [0.05, 0.1) is 17.7 Å². The Labute approximate surface area is 151 Å². The molecule has 2 aromatic rings. The molecular weight excluding hydrogens is 362 g/mol. The number of nitrogens with zero attached hydrogens (tertiary/aromatic N) is 2. The smallest absolute Gasteiger partial charge is 0.416 e. The van der Waals surface area contributed by atoms with Crippen molar-refractivity contribution in [2.75, 3.05) is 18.9 Å². The van der Waals surface area contributed by atoms with E-state index >= 15 is 0 Å². The number of hydrogen-bond acceptors (Lipinski definition) is 7. The maximum atomic E-state index is 12.5. The van der Waals surface area contributed by atoms with Crippen LogP contribution in [0.5, 0.6) is 0 Å². The van der Waals surface area contributed by atoms with Gasteiger partial charge < -0.3 is 9.72 Å². The molecule has 0 bridgehead atoms. The molecule has 1 N–H and O–H groups in total. The number of thioether (sulfide) groups is 1. The summed E-state index contributed by atoms with van der Waals surface area (Å²) in [6.07, 6.45) is 2.40. The van der Waals surface area contributed by atoms with Crippen LogP contribution >= 0.6 is 23.1 Å². The van der Waals surface area contributed by atoms with E-state index < -0.39 is 6.09 Å². The van der Waals surface area contributed by atoms with E-state index in [1.54, 1.807) is 11.3 Å². The number of fused-ring (bicyclic) bond motifs is 3. The van der Waals surface area contributed by atoms with Gasteiger partial charge in [0.2, 0.25) is 5.91 Å². The minimum absolute atomic E-state index is 0.0334. The standard InChI is InChI=1S/C16H17N3O4S2/c1-8-2-3-9-10(6-8)25-14-12(9)13(21)17-15(18-14)24-7-11(20)19-4-5-23-16(19)22/h8H,2-7H2,1H3,(H,17,18,21)/t8-/m1/s1. The molecule has 0 spiro atoms. The van der Waals surface area contributed by atoms with Crippen molar-refractivity contribution in [3.05, 3.63) is 20.8 Å². The van der Waals surface area contributed by atoms with Crippen LogP contribution in [-0.2, 0) is 22.4 Å². The maximum absolute atomic E-state index is 12.5. The Bertz CT molecular complexity index is 920. The number of nitrogens with one attached hydrogen (secondary N) is 1. The van der Waals surface area contributed by atoms with Crippen molar-refractivity contribution < 1.29 is 14.3 Å². The third kappa shape index (κ3) is 3.06. The predicted octanol–water partition coefficient (Wildman–Crippen LogP) is 2.18. The van der Waals surface area contributed by atoms with E-state index in [0.717, 1.165) is 46.3 Å². The molecular formula is C16H17N3O4S2. The molecule has 132 valence electrons. The Morgan fingerprint density at radius 1 is 1.48 bits per heavy atom. The minimum atomic E-state index is -0.609. The molecule has 9 heteroatoms. The monoisotopic (exact) mass is 379 g/mol. The van der Waals surface area contributed by atoms with E-state index in [4.69, 9.17) is 4.74 Å². The van der Waals surface area contributed by atoms with Crippen LogP contribution in [0, 0.1) is 5.92 Å². The first kappa shape index (κ1) is 16.6. The summed E-state index contributed by atoms with van der Waals surface area (Å²) in [4.78, 5) is 46.3. The van der Waals surface area contributed by atoms with Gasteiger partial charge in [0.25, 0.3) is 5.56 Å². The Morgan fingerprint density at radius 3 is 3.08 bits per heavy atom. The van der Waals surface area contributed by atoms with Crippen LogP contribution in [0.2, 0.25) is 0 Å². The number of aryl methyl sites for hydroxylation is 1. The van der Waals surface area contributed by atoms with E-state index in [1.807, 2.05) is 0 Å². The fourth-order valence-corrected chi connectivity index (χ4v) is 5.40. The lowest BCUT2D eigenvalue weighted by molar-refractivity contribution is -0.125. The first-order valence-corrected chi connectivity index (χ1v) is 9.97. The summed E-state index contributed by atoms with van der Waals surface area (Å²) in [5.41, 5.74) is 0.992. The molecule has 0 saturated carbocycles. The zero-order chi connectivity index (χ0) is 17.6. The number of carbonyl (C=O) groups is 2. The fourth-order valence-electron chi connectivity index (χ4n) is 3.23. The van der Waals surface area contributed by atoms with Crippen molar-refractivity contribution in [1.29, 1.82) is 0 Å². The topological polar surface area (TPSA) is 92.4 Å². The SMILES string of the molecule is C[C@@H]1CCc2c(sc3nc(SCC(=O)N4CCOC4=O)[nH]c(=O)c23)C1. The zero-order valence-electron chi connectivity index (χ0n) is 13.7. The van der Waals surface area contributed by atoms with Gasteiger partial charge in [-0.05, 0) is 30.7 Å². The van der Waals surface area contributed by atoms with Crippen LogP contribution < -0.4 is 5.56 Å². The Hall–Kier alpha value is -1.87. The number of cyclic esters (lactones) is 1. The molecule has 0 unspecified atom stereocenters. The zero-order valence-corrected chi connectivity index (χ0v) is 15.3. The third-order valence-corrected chi connectivity index (χ3v) is 6.54. The predicted molar refractivity (Wildman–Crippen MR) is 95.2 cm³/mol. The number of thiophene rings is 1. The van der Waals surface area contributed by atoms with E-state index in [-0.39, 0.29) is 30.4 Å². The van der Waals surface area contributed by atoms with Gasteiger partial charge in [-0.3, -0.25) is 9.59 Å². The normalized spacial score (nSPS) is 20.0. The average molecular weight is 379 g/mol. The average Bonchev–Trinajstić information content (AvgIpc) is 3.15. The quantitative estimate of drug-likeness (QED) is 0.649. The molecule has 2 aromatic heterocycles. The van der Waals surface area contributed by atoms with Crippen molar-refractivity contribution >= 4 is 45.3 Å². The number of H-pyrrole nitrogens is 1. The highest BCUT2D eigenvalue weighted by molar-refractivity contribution is 7.99. The second-order valence-electron chi connectivity index (χ2n) is 6.35. The minimum Gasteiger partial charge on any atom is -0.447 e. The number of aromatic nitrogens is 2. The Morgan fingerprint density at radius 2 is 2.32 bits per heavy atom. The molecule has 1 atom stereocenters. The lowest BCUT2D eigenvalue weighted by Crippen LogP contribution is -2.33. The highest BCUT2D eigenvalue weighted by atomic mass is 32.2. The van der Waals surface area contributed by atoms with E-state index in [1.165, 1.54) is 4.88 Å². The molecule has 3 heterocycles. The second kappa shape index (κ2) is 6.45. The maximum Gasteiger partial charge on any atom is 0.416 e. The summed E-state index contributed by atoms with van der Waals surface area (Å²) in [6.45, 7) is 2.73. The number of hydrogen-bond donors (Lipinski definition) is 1. The number of rotatable bonds is 3. The highest BCUT2D eigenvalue weighted by Crippen LogP contribution is 2.36. The van der Waals surface area contributed by atoms with Crippen molar-refractivity contribution in [2.24, 2.45) is 5.92 Å². The van der Waals surface area contributed by atoms with Crippen LogP contribution in [0.3, 0.4) is 0 Å². The molecule has 4 rings (SSSR count). The largest absolute Gasteiger partial charge is 0.447 e. The van der Waals surface area contributed by atoms with Crippen molar-refractivity contribution in [2.45, 2.75) is 31.3 Å². The van der Waals surface area contributed by atoms with Gasteiger partial charge in [0, 0.05) is 4.88 Å². The van der Waals surface area contributed by atoms with E-state index in [0.29, 0.717) is 16.5 Å². The van der Waals surface area contributed by atoms with Crippen LogP contribution in [0.4, 0.5) is 4.79 Å². The second-order valence-corrected chi connectivity index (χ2v) is 8.40. The van der Waals surface area contributed by atoms with E-state index in [9.17, 15) is 14.4 Å². The van der Waals surface area contributed by atoms with Crippen LogP contribution in [-0.4, -0.2) is 45.8 Å². The molecule has 0 aromatic carbocycles. The van der Waals surface area contributed by atoms with E-state index in [2.05, 4.69) is 16.9 Å². The van der Waals surface area contributed by atoms with Gasteiger partial charge in [-0.25, -0.2) is 14.7 Å². The molecule has 1 fully saturated rings. The lowest BCUT2D eigenvalue weighted by atomic mass is 9.89. The summed E-state index contributed by atoms with van der Waals surface area (Å²) in [7, 11) is 0. The number of imide groups is 1. The molecule has 1 saturated heterocycles. The summed E-state index contributed by atoms with van der Waals surface area (Å²) < 4.78 is 4.76.